The third kappa shape index (κ3) is 3.28. The molecule has 2 rings (SSSR count). The first-order valence-electron chi connectivity index (χ1n) is 6.82. The maximum Gasteiger partial charge on any atom is 0.336 e. The Morgan fingerprint density at radius 2 is 1.86 bits per heavy atom. The first kappa shape index (κ1) is 15.6. The maximum absolute atomic E-state index is 11.6. The lowest BCUT2D eigenvalue weighted by Crippen LogP contribution is -2.02. The third-order valence-electron chi connectivity index (χ3n) is 3.42. The number of carboxylic acid groups (broad SMARTS) is 1. The number of benzene rings is 2. The zero-order chi connectivity index (χ0) is 16.3. The van der Waals surface area contributed by atoms with E-state index in [-0.39, 0.29) is 11.3 Å². The molecule has 0 aliphatic carbocycles. The Hall–Kier alpha value is -2.75. The smallest absolute Gasteiger partial charge is 0.336 e. The van der Waals surface area contributed by atoms with E-state index in [0.717, 1.165) is 11.1 Å². The van der Waals surface area contributed by atoms with E-state index in [4.69, 9.17) is 4.74 Å². The Kier molecular flexibility index (Phi) is 4.51. The number of aryl methyl sites for hydroxylation is 2. The fraction of sp³-hybridized carbons (Fsp3) is 0.167. The van der Waals surface area contributed by atoms with Crippen LogP contribution in [0.4, 0.5) is 0 Å². The van der Waals surface area contributed by atoms with Gasteiger partial charge in [0.1, 0.15) is 0 Å². The molecule has 22 heavy (non-hydrogen) atoms. The van der Waals surface area contributed by atoms with Crippen LogP contribution in [-0.4, -0.2) is 23.3 Å². The average Bonchev–Trinajstić information content (AvgIpc) is 2.47. The van der Waals surface area contributed by atoms with E-state index in [2.05, 4.69) is 0 Å². The van der Waals surface area contributed by atoms with Crippen molar-refractivity contribution in [2.75, 3.05) is 7.11 Å². The largest absolute Gasteiger partial charge is 0.504 e. The summed E-state index contributed by atoms with van der Waals surface area (Å²) in [5, 5.41) is 19.1. The molecule has 0 saturated carbocycles. The Bertz CT molecular complexity index is 745. The van der Waals surface area contributed by atoms with Crippen LogP contribution in [0.3, 0.4) is 0 Å². The number of carbonyl (C=O) groups is 1. The van der Waals surface area contributed by atoms with Crippen molar-refractivity contribution < 1.29 is 19.7 Å². The van der Waals surface area contributed by atoms with E-state index in [0.29, 0.717) is 16.9 Å². The number of aromatic hydroxyl groups is 1. The van der Waals surface area contributed by atoms with E-state index in [9.17, 15) is 15.0 Å². The lowest BCUT2D eigenvalue weighted by atomic mass is 9.97. The minimum atomic E-state index is -1.00. The van der Waals surface area contributed by atoms with Gasteiger partial charge in [-0.05, 0) is 48.7 Å². The molecule has 0 aliphatic heterocycles. The van der Waals surface area contributed by atoms with Gasteiger partial charge in [0, 0.05) is 0 Å². The number of phenols is 1. The molecule has 0 spiro atoms. The highest BCUT2D eigenvalue weighted by Gasteiger charge is 2.13. The topological polar surface area (TPSA) is 66.8 Å². The average molecular weight is 298 g/mol. The van der Waals surface area contributed by atoms with Gasteiger partial charge in [0.2, 0.25) is 0 Å². The van der Waals surface area contributed by atoms with Gasteiger partial charge in [0.15, 0.2) is 11.5 Å². The lowest BCUT2D eigenvalue weighted by Gasteiger charge is -2.09. The van der Waals surface area contributed by atoms with Crippen LogP contribution >= 0.6 is 0 Å². The highest BCUT2D eigenvalue weighted by atomic mass is 16.5. The van der Waals surface area contributed by atoms with Crippen molar-refractivity contribution in [2.45, 2.75) is 13.8 Å². The Morgan fingerprint density at radius 3 is 2.45 bits per heavy atom. The van der Waals surface area contributed by atoms with Crippen molar-refractivity contribution in [3.05, 3.63) is 58.7 Å². The predicted molar refractivity (Wildman–Crippen MR) is 86.1 cm³/mol. The summed E-state index contributed by atoms with van der Waals surface area (Å²) in [6.45, 7) is 3.85. The summed E-state index contributed by atoms with van der Waals surface area (Å²) < 4.78 is 5.05. The second-order valence-electron chi connectivity index (χ2n) is 5.11. The number of carboxylic acids is 1. The molecule has 2 N–H and O–H groups in total. The van der Waals surface area contributed by atoms with E-state index >= 15 is 0 Å². The van der Waals surface area contributed by atoms with Crippen molar-refractivity contribution in [1.82, 2.24) is 0 Å². The Balaban J connectivity index is 2.54. The molecule has 0 saturated heterocycles. The van der Waals surface area contributed by atoms with Gasteiger partial charge in [0.05, 0.1) is 12.7 Å². The van der Waals surface area contributed by atoms with Gasteiger partial charge in [-0.15, -0.1) is 0 Å². The second kappa shape index (κ2) is 6.35. The van der Waals surface area contributed by atoms with Crippen molar-refractivity contribution >= 4 is 17.6 Å². The summed E-state index contributed by atoms with van der Waals surface area (Å²) in [5.74, 6) is -0.679. The zero-order valence-electron chi connectivity index (χ0n) is 12.8. The SMILES string of the molecule is COc1cc(/C=C(\C(=O)O)c2ccc(C)cc2C)ccc1O. The quantitative estimate of drug-likeness (QED) is 0.668. The minimum absolute atomic E-state index is 0.0167. The number of rotatable bonds is 4. The molecule has 4 nitrogen and oxygen atoms in total. The van der Waals surface area contributed by atoms with Gasteiger partial charge in [-0.1, -0.05) is 29.8 Å². The summed E-state index contributed by atoms with van der Waals surface area (Å²) in [4.78, 5) is 11.6. The summed E-state index contributed by atoms with van der Waals surface area (Å²) in [6.07, 6.45) is 1.57. The second-order valence-corrected chi connectivity index (χ2v) is 5.11. The van der Waals surface area contributed by atoms with Crippen molar-refractivity contribution in [2.24, 2.45) is 0 Å². The zero-order valence-corrected chi connectivity index (χ0v) is 12.8. The fourth-order valence-corrected chi connectivity index (χ4v) is 2.32. The van der Waals surface area contributed by atoms with Crippen molar-refractivity contribution in [1.29, 1.82) is 0 Å². The predicted octanol–water partition coefficient (Wildman–Crippen LogP) is 3.64. The van der Waals surface area contributed by atoms with Crippen LogP contribution in [0.5, 0.6) is 11.5 Å². The molecule has 4 heteroatoms. The summed E-state index contributed by atoms with van der Waals surface area (Å²) in [6, 6.07) is 10.4. The van der Waals surface area contributed by atoms with E-state index < -0.39 is 5.97 Å². The van der Waals surface area contributed by atoms with Gasteiger partial charge in [-0.3, -0.25) is 0 Å². The molecule has 0 amide bonds. The van der Waals surface area contributed by atoms with Gasteiger partial charge in [-0.25, -0.2) is 4.79 Å². The number of methoxy groups -OCH3 is 1. The molecule has 2 aromatic rings. The molecule has 2 aromatic carbocycles. The van der Waals surface area contributed by atoms with E-state index in [1.807, 2.05) is 32.0 Å². The van der Waals surface area contributed by atoms with Gasteiger partial charge >= 0.3 is 5.97 Å². The van der Waals surface area contributed by atoms with E-state index in [1.165, 1.54) is 13.2 Å². The molecule has 114 valence electrons. The number of hydrogen-bond acceptors (Lipinski definition) is 3. The summed E-state index contributed by atoms with van der Waals surface area (Å²) >= 11 is 0. The van der Waals surface area contributed by atoms with Crippen LogP contribution in [0, 0.1) is 13.8 Å². The fourth-order valence-electron chi connectivity index (χ4n) is 2.32. The summed E-state index contributed by atoms with van der Waals surface area (Å²) in [5.41, 5.74) is 3.50. The van der Waals surface area contributed by atoms with Crippen LogP contribution in [0.1, 0.15) is 22.3 Å². The van der Waals surface area contributed by atoms with E-state index in [1.54, 1.807) is 18.2 Å². The highest BCUT2D eigenvalue weighted by Crippen LogP contribution is 2.29. The van der Waals surface area contributed by atoms with Crippen molar-refractivity contribution in [3.8, 4) is 11.5 Å². The first-order chi connectivity index (χ1) is 10.4. The molecule has 0 heterocycles. The maximum atomic E-state index is 11.6. The number of ether oxygens (including phenoxy) is 1. The van der Waals surface area contributed by atoms with Crippen LogP contribution in [-0.2, 0) is 4.79 Å². The standard InChI is InChI=1S/C18H18O4/c1-11-4-6-14(12(2)8-11)15(18(20)21)9-13-5-7-16(19)17(10-13)22-3/h4-10,19H,1-3H3,(H,20,21)/b15-9-. The van der Waals surface area contributed by atoms with Crippen molar-refractivity contribution in [3.63, 3.8) is 0 Å². The molecule has 0 atom stereocenters. The number of phenolic OH excluding ortho intramolecular Hbond substituents is 1. The number of aliphatic carboxylic acids is 1. The lowest BCUT2D eigenvalue weighted by molar-refractivity contribution is -0.130. The molecule has 0 fully saturated rings. The molecule has 0 radical (unpaired) electrons. The monoisotopic (exact) mass is 298 g/mol. The Morgan fingerprint density at radius 1 is 1.14 bits per heavy atom. The number of hydrogen-bond donors (Lipinski definition) is 2. The van der Waals surface area contributed by atoms with Gasteiger partial charge in [0.25, 0.3) is 0 Å². The van der Waals surface area contributed by atoms with Crippen LogP contribution in [0.2, 0.25) is 0 Å². The van der Waals surface area contributed by atoms with Gasteiger partial charge < -0.3 is 14.9 Å². The molecular formula is C18H18O4. The molecular weight excluding hydrogens is 280 g/mol. The normalized spacial score (nSPS) is 11.3. The Labute approximate surface area is 129 Å². The van der Waals surface area contributed by atoms with Crippen LogP contribution in [0.25, 0.3) is 11.6 Å². The molecule has 0 aromatic heterocycles. The highest BCUT2D eigenvalue weighted by molar-refractivity contribution is 6.21. The molecule has 0 bridgehead atoms. The molecule has 0 aliphatic rings. The summed E-state index contributed by atoms with van der Waals surface area (Å²) in [7, 11) is 1.45. The molecule has 0 unspecified atom stereocenters. The third-order valence-corrected chi connectivity index (χ3v) is 3.42. The van der Waals surface area contributed by atoms with Crippen LogP contribution in [0.15, 0.2) is 36.4 Å². The first-order valence-corrected chi connectivity index (χ1v) is 6.82. The minimum Gasteiger partial charge on any atom is -0.504 e. The van der Waals surface area contributed by atoms with Gasteiger partial charge in [-0.2, -0.15) is 0 Å². The van der Waals surface area contributed by atoms with Crippen LogP contribution < -0.4 is 4.74 Å².